The Morgan fingerprint density at radius 1 is 1.29 bits per heavy atom. The summed E-state index contributed by atoms with van der Waals surface area (Å²) >= 11 is 1.92. The molecule has 1 aromatic rings. The molecule has 0 saturated heterocycles. The van der Waals surface area contributed by atoms with Gasteiger partial charge in [-0.1, -0.05) is 19.1 Å². The third kappa shape index (κ3) is 1.69. The van der Waals surface area contributed by atoms with Crippen molar-refractivity contribution in [2.75, 3.05) is 28.7 Å². The number of rotatable bonds is 3. The van der Waals surface area contributed by atoms with E-state index in [2.05, 4.69) is 47.4 Å². The van der Waals surface area contributed by atoms with E-state index >= 15 is 0 Å². The van der Waals surface area contributed by atoms with Crippen molar-refractivity contribution >= 4 is 23.3 Å². The molecule has 1 heterocycles. The van der Waals surface area contributed by atoms with Crippen molar-refractivity contribution in [2.24, 2.45) is 0 Å². The van der Waals surface area contributed by atoms with Crippen LogP contribution in [-0.4, -0.2) is 19.5 Å². The molecule has 0 N–H and O–H groups in total. The number of hydrogen-bond donors (Lipinski definition) is 0. The normalized spacial score (nSPS) is 14.7. The van der Waals surface area contributed by atoms with Crippen LogP contribution in [0.25, 0.3) is 0 Å². The Kier molecular flexibility index (Phi) is 2.87. The van der Waals surface area contributed by atoms with Crippen molar-refractivity contribution in [3.63, 3.8) is 0 Å². The lowest BCUT2D eigenvalue weighted by Crippen LogP contribution is -2.22. The van der Waals surface area contributed by atoms with Crippen molar-refractivity contribution in [2.45, 2.75) is 13.3 Å². The first kappa shape index (κ1) is 9.71. The Labute approximate surface area is 90.0 Å². The average molecular weight is 208 g/mol. The fourth-order valence-electron chi connectivity index (χ4n) is 1.65. The number of hydrogen-bond acceptors (Lipinski definition) is 3. The summed E-state index contributed by atoms with van der Waals surface area (Å²) in [5, 5.41) is 0. The molecule has 0 aromatic heterocycles. The Morgan fingerprint density at radius 3 is 2.71 bits per heavy atom. The molecule has 0 amide bonds. The highest BCUT2D eigenvalue weighted by molar-refractivity contribution is 8.00. The number of para-hydroxylation sites is 2. The first-order chi connectivity index (χ1) is 6.83. The van der Waals surface area contributed by atoms with Crippen LogP contribution in [-0.2, 0) is 0 Å². The van der Waals surface area contributed by atoms with Crippen LogP contribution in [0.15, 0.2) is 24.3 Å². The van der Waals surface area contributed by atoms with E-state index in [1.165, 1.54) is 23.5 Å². The summed E-state index contributed by atoms with van der Waals surface area (Å²) < 4.78 is 2.37. The number of fused-ring (bicyclic) bond motifs is 1. The lowest BCUT2D eigenvalue weighted by atomic mass is 10.3. The summed E-state index contributed by atoms with van der Waals surface area (Å²) in [7, 11) is 2.14. The topological polar surface area (TPSA) is 6.48 Å². The molecule has 0 spiro atoms. The lowest BCUT2D eigenvalue weighted by molar-refractivity contribution is 0.988. The van der Waals surface area contributed by atoms with Crippen LogP contribution in [0.1, 0.15) is 13.3 Å². The van der Waals surface area contributed by atoms with Gasteiger partial charge in [0.2, 0.25) is 0 Å². The van der Waals surface area contributed by atoms with Crippen molar-refractivity contribution in [3.8, 4) is 0 Å². The molecular weight excluding hydrogens is 192 g/mol. The van der Waals surface area contributed by atoms with E-state index in [0.29, 0.717) is 0 Å². The van der Waals surface area contributed by atoms with Crippen molar-refractivity contribution in [1.82, 2.24) is 0 Å². The molecule has 3 heteroatoms. The fourth-order valence-corrected chi connectivity index (χ4v) is 2.61. The van der Waals surface area contributed by atoms with Crippen LogP contribution in [0.4, 0.5) is 11.4 Å². The molecule has 1 aliphatic heterocycles. The highest BCUT2D eigenvalue weighted by Gasteiger charge is 2.22. The summed E-state index contributed by atoms with van der Waals surface area (Å²) in [6.45, 7) is 3.22. The predicted molar refractivity (Wildman–Crippen MR) is 64.9 cm³/mol. The predicted octanol–water partition coefficient (Wildman–Crippen LogP) is 2.96. The van der Waals surface area contributed by atoms with Gasteiger partial charge in [-0.2, -0.15) is 0 Å². The van der Waals surface area contributed by atoms with Crippen LogP contribution in [0.2, 0.25) is 0 Å². The second-order valence-corrected chi connectivity index (χ2v) is 4.65. The third-order valence-electron chi connectivity index (χ3n) is 2.35. The molecule has 0 bridgehead atoms. The fraction of sp³-hybridized carbons (Fsp3) is 0.455. The van der Waals surface area contributed by atoms with Gasteiger partial charge in [-0.3, -0.25) is 4.31 Å². The SMILES string of the molecule is CCCSN1CN(C)c2ccccc21. The van der Waals surface area contributed by atoms with Gasteiger partial charge in [0.05, 0.1) is 11.4 Å². The third-order valence-corrected chi connectivity index (χ3v) is 3.57. The Bertz CT molecular complexity index is 314. The smallest absolute Gasteiger partial charge is 0.101 e. The molecule has 0 unspecified atom stereocenters. The molecule has 1 aliphatic rings. The molecule has 0 atom stereocenters. The van der Waals surface area contributed by atoms with E-state index in [1.807, 2.05) is 11.9 Å². The van der Waals surface area contributed by atoms with Gasteiger partial charge in [-0.25, -0.2) is 0 Å². The summed E-state index contributed by atoms with van der Waals surface area (Å²) in [6.07, 6.45) is 1.23. The number of benzene rings is 1. The van der Waals surface area contributed by atoms with Crippen molar-refractivity contribution in [3.05, 3.63) is 24.3 Å². The quantitative estimate of drug-likeness (QED) is 0.705. The van der Waals surface area contributed by atoms with E-state index in [-0.39, 0.29) is 0 Å². The second-order valence-electron chi connectivity index (χ2n) is 3.54. The second kappa shape index (κ2) is 4.13. The van der Waals surface area contributed by atoms with Gasteiger partial charge in [-0.15, -0.1) is 0 Å². The molecule has 0 aliphatic carbocycles. The largest absolute Gasteiger partial charge is 0.354 e. The molecule has 0 radical (unpaired) electrons. The minimum absolute atomic E-state index is 1.00. The van der Waals surface area contributed by atoms with Crippen LogP contribution in [0.5, 0.6) is 0 Å². The average Bonchev–Trinajstić information content (AvgIpc) is 2.54. The van der Waals surface area contributed by atoms with Gasteiger partial charge in [0, 0.05) is 12.8 Å². The van der Waals surface area contributed by atoms with Crippen LogP contribution in [0, 0.1) is 0 Å². The van der Waals surface area contributed by atoms with Crippen molar-refractivity contribution in [1.29, 1.82) is 0 Å². The first-order valence-electron chi connectivity index (χ1n) is 5.03. The maximum atomic E-state index is 2.37. The minimum Gasteiger partial charge on any atom is -0.354 e. The molecular formula is C11H16N2S. The molecule has 2 rings (SSSR count). The van der Waals surface area contributed by atoms with Crippen LogP contribution >= 0.6 is 11.9 Å². The zero-order valence-electron chi connectivity index (χ0n) is 8.73. The van der Waals surface area contributed by atoms with E-state index in [4.69, 9.17) is 0 Å². The number of anilines is 2. The van der Waals surface area contributed by atoms with Gasteiger partial charge in [0.25, 0.3) is 0 Å². The molecule has 1 aromatic carbocycles. The van der Waals surface area contributed by atoms with Gasteiger partial charge < -0.3 is 4.90 Å². The van der Waals surface area contributed by atoms with Gasteiger partial charge >= 0.3 is 0 Å². The van der Waals surface area contributed by atoms with Gasteiger partial charge in [0.1, 0.15) is 6.67 Å². The Morgan fingerprint density at radius 2 is 2.00 bits per heavy atom. The molecule has 76 valence electrons. The summed E-state index contributed by atoms with van der Waals surface area (Å²) in [6, 6.07) is 8.59. The molecule has 14 heavy (non-hydrogen) atoms. The van der Waals surface area contributed by atoms with Crippen LogP contribution in [0.3, 0.4) is 0 Å². The van der Waals surface area contributed by atoms with E-state index < -0.39 is 0 Å². The maximum absolute atomic E-state index is 2.37. The zero-order valence-corrected chi connectivity index (χ0v) is 9.55. The molecule has 2 nitrogen and oxygen atoms in total. The molecule has 0 saturated carbocycles. The summed E-state index contributed by atoms with van der Waals surface area (Å²) in [5.74, 6) is 1.20. The van der Waals surface area contributed by atoms with Crippen molar-refractivity contribution < 1.29 is 0 Å². The van der Waals surface area contributed by atoms with E-state index in [0.717, 1.165) is 6.67 Å². The first-order valence-corrected chi connectivity index (χ1v) is 5.98. The van der Waals surface area contributed by atoms with Gasteiger partial charge in [0.15, 0.2) is 0 Å². The zero-order chi connectivity index (χ0) is 9.97. The minimum atomic E-state index is 1.00. The molecule has 0 fully saturated rings. The Hall–Kier alpha value is -0.830. The maximum Gasteiger partial charge on any atom is 0.101 e. The van der Waals surface area contributed by atoms with E-state index in [1.54, 1.807) is 0 Å². The van der Waals surface area contributed by atoms with Gasteiger partial charge in [-0.05, 0) is 30.5 Å². The van der Waals surface area contributed by atoms with Crippen LogP contribution < -0.4 is 9.21 Å². The standard InChI is InChI=1S/C11H16N2S/c1-3-8-14-13-9-12(2)10-6-4-5-7-11(10)13/h4-7H,3,8-9H2,1-2H3. The van der Waals surface area contributed by atoms with E-state index in [9.17, 15) is 0 Å². The highest BCUT2D eigenvalue weighted by Crippen LogP contribution is 2.38. The Balaban J connectivity index is 2.17. The highest BCUT2D eigenvalue weighted by atomic mass is 32.2. The summed E-state index contributed by atoms with van der Waals surface area (Å²) in [5.41, 5.74) is 2.70. The summed E-state index contributed by atoms with van der Waals surface area (Å²) in [4.78, 5) is 2.29. The lowest BCUT2D eigenvalue weighted by Gasteiger charge is -2.16. The monoisotopic (exact) mass is 208 g/mol. The number of nitrogens with zero attached hydrogens (tertiary/aromatic N) is 2.